The second-order valence-electron chi connectivity index (χ2n) is 5.87. The summed E-state index contributed by atoms with van der Waals surface area (Å²) in [5.74, 6) is 0.236. The fourth-order valence-corrected chi connectivity index (χ4v) is 2.88. The second kappa shape index (κ2) is 7.82. The van der Waals surface area contributed by atoms with E-state index in [9.17, 15) is 4.79 Å². The molecule has 26 heavy (non-hydrogen) atoms. The van der Waals surface area contributed by atoms with E-state index in [1.807, 2.05) is 24.3 Å². The largest absolute Gasteiger partial charge is 0.372 e. The summed E-state index contributed by atoms with van der Waals surface area (Å²) >= 11 is 0. The van der Waals surface area contributed by atoms with Crippen LogP contribution in [-0.4, -0.2) is 29.1 Å². The minimum absolute atomic E-state index is 0.244. The molecule has 6 heteroatoms. The number of carbonyl (C=O) groups excluding carboxylic acids is 1. The number of benzene rings is 1. The quantitative estimate of drug-likeness (QED) is 0.723. The molecule has 0 aliphatic rings. The zero-order chi connectivity index (χ0) is 18.5. The van der Waals surface area contributed by atoms with Crippen LogP contribution in [0.15, 0.2) is 53.3 Å². The molecule has 0 unspecified atom stereocenters. The Bertz CT molecular complexity index is 869. The Hall–Kier alpha value is -3.15. The maximum Gasteiger partial charge on any atom is 0.261 e. The van der Waals surface area contributed by atoms with Gasteiger partial charge in [0.25, 0.3) is 5.91 Å². The Morgan fingerprint density at radius 1 is 1.08 bits per heavy atom. The van der Waals surface area contributed by atoms with Crippen molar-refractivity contribution in [2.24, 2.45) is 0 Å². The lowest BCUT2D eigenvalue weighted by molar-refractivity contribution is 0.102. The molecule has 6 nitrogen and oxygen atoms in total. The molecule has 1 N–H and O–H groups in total. The van der Waals surface area contributed by atoms with Crippen LogP contribution in [0.4, 0.5) is 11.4 Å². The number of carbonyl (C=O) groups is 1. The van der Waals surface area contributed by atoms with Gasteiger partial charge in [0.15, 0.2) is 0 Å². The number of aryl methyl sites for hydroxylation is 1. The molecule has 0 bridgehead atoms. The Balaban J connectivity index is 1.82. The number of pyridine rings is 1. The average Bonchev–Trinajstić information content (AvgIpc) is 3.06. The molecule has 1 amide bonds. The molecule has 3 rings (SSSR count). The molecule has 0 fully saturated rings. The second-order valence-corrected chi connectivity index (χ2v) is 5.87. The van der Waals surface area contributed by atoms with Gasteiger partial charge in [-0.1, -0.05) is 5.16 Å². The van der Waals surface area contributed by atoms with Crippen molar-refractivity contribution in [3.63, 3.8) is 0 Å². The number of amides is 1. The van der Waals surface area contributed by atoms with Gasteiger partial charge in [-0.25, -0.2) is 0 Å². The molecular weight excluding hydrogens is 328 g/mol. The first-order valence-electron chi connectivity index (χ1n) is 8.67. The first-order valence-corrected chi connectivity index (χ1v) is 8.67. The van der Waals surface area contributed by atoms with Gasteiger partial charge in [0.1, 0.15) is 17.0 Å². The monoisotopic (exact) mass is 350 g/mol. The van der Waals surface area contributed by atoms with Gasteiger partial charge in [0.2, 0.25) is 0 Å². The van der Waals surface area contributed by atoms with Crippen LogP contribution < -0.4 is 10.2 Å². The Labute approximate surface area is 152 Å². The highest BCUT2D eigenvalue weighted by molar-refractivity contribution is 6.08. The summed E-state index contributed by atoms with van der Waals surface area (Å²) in [6.45, 7) is 7.85. The van der Waals surface area contributed by atoms with Crippen molar-refractivity contribution in [1.82, 2.24) is 10.1 Å². The highest BCUT2D eigenvalue weighted by atomic mass is 16.5. The third-order valence-corrected chi connectivity index (χ3v) is 4.30. The lowest BCUT2D eigenvalue weighted by Crippen LogP contribution is -2.21. The van der Waals surface area contributed by atoms with E-state index < -0.39 is 0 Å². The molecule has 3 aromatic rings. The fraction of sp³-hybridized carbons (Fsp3) is 0.250. The molecular formula is C20H22N4O2. The van der Waals surface area contributed by atoms with Crippen LogP contribution in [0.1, 0.15) is 30.0 Å². The van der Waals surface area contributed by atoms with Crippen molar-refractivity contribution in [3.8, 4) is 11.3 Å². The summed E-state index contributed by atoms with van der Waals surface area (Å²) in [5.41, 5.74) is 3.60. The SMILES string of the molecule is CCN(CC)c1ccc(NC(=O)c2c(-c3ccncc3)noc2C)cc1. The lowest BCUT2D eigenvalue weighted by Gasteiger charge is -2.21. The van der Waals surface area contributed by atoms with Gasteiger partial charge in [-0.15, -0.1) is 0 Å². The smallest absolute Gasteiger partial charge is 0.261 e. The maximum absolute atomic E-state index is 12.8. The van der Waals surface area contributed by atoms with Crippen LogP contribution in [-0.2, 0) is 0 Å². The van der Waals surface area contributed by atoms with Gasteiger partial charge in [-0.05, 0) is 57.2 Å². The summed E-state index contributed by atoms with van der Waals surface area (Å²) in [6, 6.07) is 11.4. The molecule has 1 aromatic carbocycles. The van der Waals surface area contributed by atoms with Crippen LogP contribution >= 0.6 is 0 Å². The number of anilines is 2. The molecule has 0 radical (unpaired) electrons. The van der Waals surface area contributed by atoms with Crippen LogP contribution in [0.3, 0.4) is 0 Å². The Morgan fingerprint density at radius 3 is 2.35 bits per heavy atom. The highest BCUT2D eigenvalue weighted by Crippen LogP contribution is 2.26. The van der Waals surface area contributed by atoms with Crippen LogP contribution in [0.5, 0.6) is 0 Å². The molecule has 0 saturated heterocycles. The summed E-state index contributed by atoms with van der Waals surface area (Å²) in [7, 11) is 0. The van der Waals surface area contributed by atoms with Gasteiger partial charge in [0, 0.05) is 42.4 Å². The Kier molecular flexibility index (Phi) is 5.31. The number of nitrogens with zero attached hydrogens (tertiary/aromatic N) is 3. The van der Waals surface area contributed by atoms with Crippen molar-refractivity contribution in [2.45, 2.75) is 20.8 Å². The van der Waals surface area contributed by atoms with Gasteiger partial charge in [-0.2, -0.15) is 0 Å². The van der Waals surface area contributed by atoms with Gasteiger partial charge in [-0.3, -0.25) is 9.78 Å². The number of nitrogens with one attached hydrogen (secondary N) is 1. The van der Waals surface area contributed by atoms with E-state index in [0.29, 0.717) is 17.0 Å². The van der Waals surface area contributed by atoms with Gasteiger partial charge >= 0.3 is 0 Å². The first-order chi connectivity index (χ1) is 12.6. The minimum atomic E-state index is -0.244. The van der Waals surface area contributed by atoms with E-state index >= 15 is 0 Å². The van der Waals surface area contributed by atoms with E-state index in [1.54, 1.807) is 31.5 Å². The highest BCUT2D eigenvalue weighted by Gasteiger charge is 2.21. The third-order valence-electron chi connectivity index (χ3n) is 4.30. The predicted molar refractivity (Wildman–Crippen MR) is 102 cm³/mol. The molecule has 134 valence electrons. The van der Waals surface area contributed by atoms with Crippen molar-refractivity contribution >= 4 is 17.3 Å². The van der Waals surface area contributed by atoms with Crippen molar-refractivity contribution in [3.05, 3.63) is 60.1 Å². The van der Waals surface area contributed by atoms with Crippen molar-refractivity contribution in [2.75, 3.05) is 23.3 Å². The summed E-state index contributed by atoms with van der Waals surface area (Å²) < 4.78 is 5.25. The van der Waals surface area contributed by atoms with E-state index in [-0.39, 0.29) is 5.91 Å². The zero-order valence-corrected chi connectivity index (χ0v) is 15.2. The van der Waals surface area contributed by atoms with Crippen LogP contribution in [0, 0.1) is 6.92 Å². The van der Waals surface area contributed by atoms with Gasteiger partial charge in [0.05, 0.1) is 0 Å². The van der Waals surface area contributed by atoms with E-state index in [4.69, 9.17) is 4.52 Å². The summed E-state index contributed by atoms with van der Waals surface area (Å²) in [6.07, 6.45) is 3.32. The van der Waals surface area contributed by atoms with E-state index in [1.165, 1.54) is 0 Å². The average molecular weight is 350 g/mol. The molecule has 0 spiro atoms. The zero-order valence-electron chi connectivity index (χ0n) is 15.2. The molecule has 2 heterocycles. The number of hydrogen-bond acceptors (Lipinski definition) is 5. The standard InChI is InChI=1S/C20H22N4O2/c1-4-24(5-2)17-8-6-16(7-9-17)22-20(25)18-14(3)26-23-19(18)15-10-12-21-13-11-15/h6-13H,4-5H2,1-3H3,(H,22,25). The van der Waals surface area contributed by atoms with Crippen molar-refractivity contribution in [1.29, 1.82) is 0 Å². The van der Waals surface area contributed by atoms with Crippen LogP contribution in [0.2, 0.25) is 0 Å². The topological polar surface area (TPSA) is 71.3 Å². The Morgan fingerprint density at radius 2 is 1.73 bits per heavy atom. The number of aromatic nitrogens is 2. The molecule has 0 aliphatic heterocycles. The predicted octanol–water partition coefficient (Wildman–Crippen LogP) is 4.14. The van der Waals surface area contributed by atoms with Gasteiger partial charge < -0.3 is 14.7 Å². The molecule has 0 aliphatic carbocycles. The third kappa shape index (κ3) is 3.59. The minimum Gasteiger partial charge on any atom is -0.372 e. The number of hydrogen-bond donors (Lipinski definition) is 1. The fourth-order valence-electron chi connectivity index (χ4n) is 2.88. The maximum atomic E-state index is 12.8. The lowest BCUT2D eigenvalue weighted by atomic mass is 10.1. The molecule has 0 atom stereocenters. The molecule has 0 saturated carbocycles. The number of rotatable bonds is 6. The first kappa shape index (κ1) is 17.7. The summed E-state index contributed by atoms with van der Waals surface area (Å²) in [4.78, 5) is 19.0. The normalized spacial score (nSPS) is 10.6. The van der Waals surface area contributed by atoms with E-state index in [0.717, 1.165) is 30.0 Å². The van der Waals surface area contributed by atoms with Crippen molar-refractivity contribution < 1.29 is 9.32 Å². The molecule has 2 aromatic heterocycles. The summed E-state index contributed by atoms with van der Waals surface area (Å²) in [5, 5.41) is 6.96. The van der Waals surface area contributed by atoms with E-state index in [2.05, 4.69) is 34.2 Å². The van der Waals surface area contributed by atoms with Crippen LogP contribution in [0.25, 0.3) is 11.3 Å².